The van der Waals surface area contributed by atoms with Gasteiger partial charge in [0.15, 0.2) is 0 Å². The summed E-state index contributed by atoms with van der Waals surface area (Å²) in [5.41, 5.74) is 0.522. The molecule has 0 spiro atoms. The quantitative estimate of drug-likeness (QED) is 0.366. The van der Waals surface area contributed by atoms with Gasteiger partial charge in [-0.1, -0.05) is 30.3 Å². The maximum absolute atomic E-state index is 12.8. The third-order valence-electron chi connectivity index (χ3n) is 5.53. The van der Waals surface area contributed by atoms with E-state index in [9.17, 15) is 36.3 Å². The molecule has 3 aromatic rings. The molecule has 0 aliphatic carbocycles. The van der Waals surface area contributed by atoms with Crippen molar-refractivity contribution in [3.8, 4) is 0 Å². The largest absolute Gasteiger partial charge is 0.480 e. The zero-order chi connectivity index (χ0) is 26.1. The Labute approximate surface area is 211 Å². The van der Waals surface area contributed by atoms with Gasteiger partial charge in [-0.25, -0.2) is 16.8 Å². The fraction of sp³-hybridized carbons (Fsp3) is 0.174. The molecule has 1 atom stereocenters. The van der Waals surface area contributed by atoms with Gasteiger partial charge in [-0.3, -0.25) is 19.3 Å². The SMILES string of the molecule is O=C(O)C(CCCN1C(=O)c2ccccc2C1=O)NS(=O)(=O)c1cc(S(=O)(=O)c2ccccc2)cs1. The van der Waals surface area contributed by atoms with Gasteiger partial charge >= 0.3 is 5.97 Å². The highest BCUT2D eigenvalue weighted by Gasteiger charge is 2.35. The lowest BCUT2D eigenvalue weighted by molar-refractivity contribution is -0.139. The molecule has 0 saturated heterocycles. The number of sulfonamides is 1. The third-order valence-corrected chi connectivity index (χ3v) is 10.3. The van der Waals surface area contributed by atoms with Crippen LogP contribution in [0.25, 0.3) is 0 Å². The second-order valence-corrected chi connectivity index (χ2v) is 12.7. The molecule has 1 aromatic heterocycles. The van der Waals surface area contributed by atoms with Gasteiger partial charge in [0.05, 0.1) is 20.9 Å². The van der Waals surface area contributed by atoms with Crippen molar-refractivity contribution < 1.29 is 36.3 Å². The van der Waals surface area contributed by atoms with Crippen molar-refractivity contribution in [1.82, 2.24) is 9.62 Å². The first kappa shape index (κ1) is 25.7. The lowest BCUT2D eigenvalue weighted by Gasteiger charge is -2.17. The molecule has 0 bridgehead atoms. The van der Waals surface area contributed by atoms with Crippen LogP contribution in [0.3, 0.4) is 0 Å². The van der Waals surface area contributed by atoms with Crippen molar-refractivity contribution in [2.75, 3.05) is 6.54 Å². The van der Waals surface area contributed by atoms with Crippen LogP contribution in [-0.4, -0.2) is 57.2 Å². The van der Waals surface area contributed by atoms with E-state index in [1.54, 1.807) is 18.2 Å². The number of nitrogens with zero attached hydrogens (tertiary/aromatic N) is 1. The molecule has 0 saturated carbocycles. The predicted octanol–water partition coefficient (Wildman–Crippen LogP) is 2.39. The van der Waals surface area contributed by atoms with E-state index >= 15 is 0 Å². The number of aliphatic carboxylic acids is 1. The Balaban J connectivity index is 1.43. The molecule has 13 heteroatoms. The second-order valence-electron chi connectivity index (χ2n) is 7.88. The third kappa shape index (κ3) is 4.95. The maximum Gasteiger partial charge on any atom is 0.321 e. The number of hydrogen-bond donors (Lipinski definition) is 2. The minimum atomic E-state index is -4.37. The summed E-state index contributed by atoms with van der Waals surface area (Å²) in [6.45, 7) is -0.0870. The van der Waals surface area contributed by atoms with Gasteiger partial charge in [0.25, 0.3) is 21.8 Å². The van der Waals surface area contributed by atoms with Crippen LogP contribution in [0.1, 0.15) is 33.6 Å². The number of thiophene rings is 1. The summed E-state index contributed by atoms with van der Waals surface area (Å²) in [5.74, 6) is -2.43. The zero-order valence-corrected chi connectivity index (χ0v) is 21.0. The van der Waals surface area contributed by atoms with Crippen LogP contribution in [0.5, 0.6) is 0 Å². The summed E-state index contributed by atoms with van der Waals surface area (Å²) in [7, 11) is -8.31. The highest BCUT2D eigenvalue weighted by Crippen LogP contribution is 2.28. The van der Waals surface area contributed by atoms with Gasteiger partial charge in [0.1, 0.15) is 10.3 Å². The van der Waals surface area contributed by atoms with Gasteiger partial charge in [-0.05, 0) is 43.2 Å². The molecular weight excluding hydrogens is 528 g/mol. The summed E-state index contributed by atoms with van der Waals surface area (Å²) < 4.78 is 52.8. The molecule has 36 heavy (non-hydrogen) atoms. The molecule has 1 aliphatic heterocycles. The summed E-state index contributed by atoms with van der Waals surface area (Å²) >= 11 is 0.649. The van der Waals surface area contributed by atoms with Crippen LogP contribution in [-0.2, 0) is 24.7 Å². The van der Waals surface area contributed by atoms with Crippen LogP contribution < -0.4 is 4.72 Å². The number of sulfone groups is 1. The van der Waals surface area contributed by atoms with Crippen LogP contribution in [0.2, 0.25) is 0 Å². The van der Waals surface area contributed by atoms with Gasteiger partial charge in [0, 0.05) is 11.9 Å². The topological polar surface area (TPSA) is 155 Å². The van der Waals surface area contributed by atoms with Crippen LogP contribution in [0.4, 0.5) is 0 Å². The van der Waals surface area contributed by atoms with Crippen molar-refractivity contribution in [3.63, 3.8) is 0 Å². The number of carboxylic acids is 1. The van der Waals surface area contributed by atoms with Crippen LogP contribution >= 0.6 is 11.3 Å². The molecule has 10 nitrogen and oxygen atoms in total. The molecule has 2 aromatic carbocycles. The number of carboxylic acid groups (broad SMARTS) is 1. The van der Waals surface area contributed by atoms with E-state index in [-0.39, 0.29) is 44.5 Å². The fourth-order valence-corrected chi connectivity index (χ4v) is 7.83. The number of imide groups is 1. The number of amides is 2. The highest BCUT2D eigenvalue weighted by molar-refractivity contribution is 7.93. The normalized spacial score (nSPS) is 14.6. The lowest BCUT2D eigenvalue weighted by Crippen LogP contribution is -2.41. The number of carbonyl (C=O) groups excluding carboxylic acids is 2. The Morgan fingerprint density at radius 3 is 2.08 bits per heavy atom. The zero-order valence-electron chi connectivity index (χ0n) is 18.5. The highest BCUT2D eigenvalue weighted by atomic mass is 32.2. The Bertz CT molecular complexity index is 1510. The number of hydrogen-bond acceptors (Lipinski definition) is 8. The van der Waals surface area contributed by atoms with Crippen molar-refractivity contribution in [2.24, 2.45) is 0 Å². The average molecular weight is 549 g/mol. The Morgan fingerprint density at radius 1 is 0.917 bits per heavy atom. The predicted molar refractivity (Wildman–Crippen MR) is 129 cm³/mol. The van der Waals surface area contributed by atoms with Crippen molar-refractivity contribution in [1.29, 1.82) is 0 Å². The summed E-state index contributed by atoms with van der Waals surface area (Å²) in [5, 5.41) is 10.7. The minimum absolute atomic E-state index is 0.00345. The van der Waals surface area contributed by atoms with E-state index in [2.05, 4.69) is 4.72 Å². The first-order chi connectivity index (χ1) is 17.0. The van der Waals surface area contributed by atoms with E-state index < -0.39 is 43.7 Å². The van der Waals surface area contributed by atoms with E-state index in [1.165, 1.54) is 41.8 Å². The first-order valence-corrected chi connectivity index (χ1v) is 14.5. The van der Waals surface area contributed by atoms with Crippen molar-refractivity contribution in [3.05, 3.63) is 77.2 Å². The molecule has 2 N–H and O–H groups in total. The summed E-state index contributed by atoms with van der Waals surface area (Å²) in [4.78, 5) is 37.4. The Morgan fingerprint density at radius 2 is 1.50 bits per heavy atom. The lowest BCUT2D eigenvalue weighted by atomic mass is 10.1. The molecule has 0 radical (unpaired) electrons. The first-order valence-electron chi connectivity index (χ1n) is 10.6. The van der Waals surface area contributed by atoms with Gasteiger partial charge in [0.2, 0.25) is 9.84 Å². The van der Waals surface area contributed by atoms with Gasteiger partial charge in [-0.15, -0.1) is 11.3 Å². The van der Waals surface area contributed by atoms with E-state index in [0.29, 0.717) is 11.3 Å². The average Bonchev–Trinajstić information content (AvgIpc) is 3.45. The van der Waals surface area contributed by atoms with Crippen molar-refractivity contribution >= 4 is 49.0 Å². The fourth-order valence-electron chi connectivity index (χ4n) is 3.69. The number of rotatable bonds is 10. The monoisotopic (exact) mass is 548 g/mol. The maximum atomic E-state index is 12.8. The Kier molecular flexibility index (Phi) is 7.09. The minimum Gasteiger partial charge on any atom is -0.480 e. The summed E-state index contributed by atoms with van der Waals surface area (Å²) in [6.07, 6.45) is -0.175. The molecule has 0 fully saturated rings. The molecule has 2 heterocycles. The van der Waals surface area contributed by atoms with Gasteiger partial charge in [-0.2, -0.15) is 4.72 Å². The second kappa shape index (κ2) is 9.93. The molecule has 2 amide bonds. The van der Waals surface area contributed by atoms with Crippen molar-refractivity contribution in [2.45, 2.75) is 32.9 Å². The molecule has 1 unspecified atom stereocenters. The molecular formula is C23H20N2O8S3. The number of carbonyl (C=O) groups is 3. The standard InChI is InChI=1S/C23H20N2O8S3/c26-21-17-9-4-5-10-18(17)22(27)25(21)12-6-11-19(23(28)29)24-36(32,33)20-13-16(14-34-20)35(30,31)15-7-2-1-3-8-15/h1-5,7-10,13-14,19,24H,6,11-12H2,(H,28,29). The summed E-state index contributed by atoms with van der Waals surface area (Å²) in [6, 6.07) is 13.2. The van der Waals surface area contributed by atoms with Crippen LogP contribution in [0.15, 0.2) is 80.0 Å². The number of nitrogens with one attached hydrogen (secondary N) is 1. The molecule has 4 rings (SSSR count). The smallest absolute Gasteiger partial charge is 0.321 e. The van der Waals surface area contributed by atoms with E-state index in [4.69, 9.17) is 0 Å². The van der Waals surface area contributed by atoms with E-state index in [0.717, 1.165) is 11.0 Å². The Hall–Kier alpha value is -3.39. The molecule has 188 valence electrons. The number of benzene rings is 2. The van der Waals surface area contributed by atoms with E-state index in [1.807, 2.05) is 0 Å². The molecule has 1 aliphatic rings. The van der Waals surface area contributed by atoms with Gasteiger partial charge < -0.3 is 5.11 Å². The number of fused-ring (bicyclic) bond motifs is 1. The van der Waals surface area contributed by atoms with Crippen LogP contribution in [0, 0.1) is 0 Å².